The van der Waals surface area contributed by atoms with Gasteiger partial charge in [-0.2, -0.15) is 0 Å². The third kappa shape index (κ3) is 5.98. The molecule has 1 aromatic heterocycles. The molecule has 0 saturated heterocycles. The van der Waals surface area contributed by atoms with Crippen LogP contribution in [0.1, 0.15) is 66.5 Å². The average Bonchev–Trinajstić information content (AvgIpc) is 3.17. The summed E-state index contributed by atoms with van der Waals surface area (Å²) in [5.74, 6) is -0.370. The second kappa shape index (κ2) is 10.5. The molecule has 0 amide bonds. The maximum atomic E-state index is 12.9. The summed E-state index contributed by atoms with van der Waals surface area (Å²) in [6.07, 6.45) is 0.814. The number of nitrogens with zero attached hydrogens (tertiary/aromatic N) is 1. The highest BCUT2D eigenvalue weighted by Gasteiger charge is 2.30. The van der Waals surface area contributed by atoms with Crippen LogP contribution in [-0.2, 0) is 11.2 Å². The number of aromatic nitrogens is 1. The summed E-state index contributed by atoms with van der Waals surface area (Å²) < 4.78 is 5.62. The van der Waals surface area contributed by atoms with E-state index in [1.54, 1.807) is 48.6 Å². The van der Waals surface area contributed by atoms with Crippen LogP contribution in [0.4, 0.5) is 0 Å². The number of hydrogen-bond donors (Lipinski definition) is 1. The van der Waals surface area contributed by atoms with Crippen molar-refractivity contribution >= 4 is 46.3 Å². The molecule has 3 aromatic rings. The molecule has 0 aliphatic carbocycles. The number of carboxylic acids is 1. The van der Waals surface area contributed by atoms with Gasteiger partial charge in [0.2, 0.25) is 0 Å². The first-order valence-corrected chi connectivity index (χ1v) is 12.5. The number of hydrogen-bond acceptors (Lipinski definition) is 5. The first kappa shape index (κ1) is 26.2. The Bertz CT molecular complexity index is 1230. The first-order chi connectivity index (χ1) is 15.9. The molecule has 2 aromatic carbocycles. The molecule has 1 N–H and O–H groups in total. The van der Waals surface area contributed by atoms with E-state index < -0.39 is 11.6 Å². The largest absolute Gasteiger partial charge is 0.478 e. The molecule has 5 nitrogen and oxygen atoms in total. The Morgan fingerprint density at radius 2 is 1.85 bits per heavy atom. The Morgan fingerprint density at radius 3 is 2.44 bits per heavy atom. The lowest BCUT2D eigenvalue weighted by molar-refractivity contribution is -0.152. The van der Waals surface area contributed by atoms with Crippen molar-refractivity contribution in [3.05, 3.63) is 68.1 Å². The highest BCUT2D eigenvalue weighted by molar-refractivity contribution is 7.15. The number of halogens is 2. The summed E-state index contributed by atoms with van der Waals surface area (Å²) in [6.45, 7) is 8.97. The molecule has 180 valence electrons. The molecule has 1 heterocycles. The van der Waals surface area contributed by atoms with Crippen LogP contribution >= 0.6 is 34.5 Å². The van der Waals surface area contributed by atoms with Gasteiger partial charge in [0, 0.05) is 27.4 Å². The second-order valence-electron chi connectivity index (χ2n) is 8.93. The zero-order valence-electron chi connectivity index (χ0n) is 19.7. The third-order valence-electron chi connectivity index (χ3n) is 5.38. The molecule has 0 saturated carbocycles. The fourth-order valence-electron chi connectivity index (χ4n) is 3.40. The molecule has 0 aliphatic rings. The highest BCUT2D eigenvalue weighted by atomic mass is 35.5. The van der Waals surface area contributed by atoms with Crippen LogP contribution in [0, 0.1) is 6.92 Å². The number of aryl methyl sites for hydroxylation is 2. The fraction of sp³-hybridized carbons (Fsp3) is 0.346. The minimum atomic E-state index is -1.36. The van der Waals surface area contributed by atoms with Gasteiger partial charge < -0.3 is 9.84 Å². The molecule has 0 unspecified atom stereocenters. The van der Waals surface area contributed by atoms with Crippen molar-refractivity contribution in [2.75, 3.05) is 0 Å². The maximum Gasteiger partial charge on any atom is 0.347 e. The Kier molecular flexibility index (Phi) is 8.06. The first-order valence-electron chi connectivity index (χ1n) is 10.9. The van der Waals surface area contributed by atoms with Crippen molar-refractivity contribution < 1.29 is 19.4 Å². The van der Waals surface area contributed by atoms with Gasteiger partial charge in [-0.25, -0.2) is 9.78 Å². The van der Waals surface area contributed by atoms with Gasteiger partial charge in [-0.1, -0.05) is 37.0 Å². The number of carbonyl (C=O) groups is 2. The Balaban J connectivity index is 1.77. The molecule has 3 rings (SSSR count). The molecule has 0 bridgehead atoms. The number of carbonyl (C=O) groups excluding carboxylic acids is 1. The van der Waals surface area contributed by atoms with E-state index in [1.165, 1.54) is 13.8 Å². The van der Waals surface area contributed by atoms with E-state index in [0.717, 1.165) is 21.1 Å². The summed E-state index contributed by atoms with van der Waals surface area (Å²) in [4.78, 5) is 30.2. The van der Waals surface area contributed by atoms with Crippen LogP contribution in [0.3, 0.4) is 0 Å². The van der Waals surface area contributed by atoms with E-state index in [1.807, 2.05) is 6.07 Å². The van der Waals surface area contributed by atoms with Gasteiger partial charge >= 0.3 is 5.97 Å². The summed E-state index contributed by atoms with van der Waals surface area (Å²) in [6, 6.07) is 10.4. The number of thiazole rings is 1. The quantitative estimate of drug-likeness (QED) is 0.294. The summed E-state index contributed by atoms with van der Waals surface area (Å²) >= 11 is 14.0. The lowest BCUT2D eigenvalue weighted by Gasteiger charge is -2.22. The predicted molar refractivity (Wildman–Crippen MR) is 138 cm³/mol. The van der Waals surface area contributed by atoms with Crippen LogP contribution < -0.4 is 4.74 Å². The maximum absolute atomic E-state index is 12.9. The van der Waals surface area contributed by atoms with Gasteiger partial charge in [0.1, 0.15) is 10.8 Å². The molecule has 0 atom stereocenters. The van der Waals surface area contributed by atoms with Gasteiger partial charge in [-0.05, 0) is 75.1 Å². The van der Waals surface area contributed by atoms with E-state index in [9.17, 15) is 14.7 Å². The molecule has 8 heteroatoms. The van der Waals surface area contributed by atoms with Crippen molar-refractivity contribution in [3.8, 4) is 16.3 Å². The van der Waals surface area contributed by atoms with Gasteiger partial charge in [0.05, 0.1) is 10.7 Å². The molecular formula is C26H27Cl2NO4S. The van der Waals surface area contributed by atoms with Gasteiger partial charge in [-0.15, -0.1) is 11.3 Å². The van der Waals surface area contributed by atoms with E-state index in [4.69, 9.17) is 32.9 Å². The number of ketones is 1. The standard InChI is InChI=1S/C26H27Cl2NO4S/c1-14(2)23-20(29-24(34-23)18-8-7-17(27)13-19(18)28)9-10-21(30)16-6-11-22(15(3)12-16)33-26(4,5)25(31)32/h6-8,11-14H,9-10H2,1-5H3,(H,31,32). The normalized spacial score (nSPS) is 11.6. The van der Waals surface area contributed by atoms with Crippen LogP contribution in [0.15, 0.2) is 36.4 Å². The third-order valence-corrected chi connectivity index (χ3v) is 7.36. The number of carboxylic acid groups (broad SMARTS) is 1. The van der Waals surface area contributed by atoms with Crippen LogP contribution in [-0.4, -0.2) is 27.4 Å². The number of aliphatic carboxylic acids is 1. The molecule has 0 radical (unpaired) electrons. The smallest absolute Gasteiger partial charge is 0.347 e. The Labute approximate surface area is 213 Å². The zero-order valence-corrected chi connectivity index (χ0v) is 22.1. The summed E-state index contributed by atoms with van der Waals surface area (Å²) in [7, 11) is 0. The molecule has 34 heavy (non-hydrogen) atoms. The molecule has 0 spiro atoms. The second-order valence-corrected chi connectivity index (χ2v) is 10.8. The summed E-state index contributed by atoms with van der Waals surface area (Å²) in [5.41, 5.74) is 1.62. The lowest BCUT2D eigenvalue weighted by Crippen LogP contribution is -2.38. The number of benzene rings is 2. The average molecular weight is 520 g/mol. The van der Waals surface area contributed by atoms with E-state index >= 15 is 0 Å². The van der Waals surface area contributed by atoms with Crippen molar-refractivity contribution in [3.63, 3.8) is 0 Å². The van der Waals surface area contributed by atoms with E-state index in [-0.39, 0.29) is 11.7 Å². The van der Waals surface area contributed by atoms with Gasteiger partial charge in [0.15, 0.2) is 11.4 Å². The predicted octanol–water partition coefficient (Wildman–Crippen LogP) is 7.61. The van der Waals surface area contributed by atoms with Crippen molar-refractivity contribution in [1.29, 1.82) is 0 Å². The topological polar surface area (TPSA) is 76.5 Å². The minimum absolute atomic E-state index is 0.0130. The minimum Gasteiger partial charge on any atom is -0.478 e. The Hall–Kier alpha value is -2.41. The van der Waals surface area contributed by atoms with Gasteiger partial charge in [-0.3, -0.25) is 4.79 Å². The van der Waals surface area contributed by atoms with Crippen molar-refractivity contribution in [2.24, 2.45) is 0 Å². The number of Topliss-reactive ketones (excluding diaryl/α,β-unsaturated/α-hetero) is 1. The molecular weight excluding hydrogens is 493 g/mol. The van der Waals surface area contributed by atoms with Gasteiger partial charge in [0.25, 0.3) is 0 Å². The van der Waals surface area contributed by atoms with Crippen LogP contribution in [0.2, 0.25) is 10.0 Å². The van der Waals surface area contributed by atoms with E-state index in [0.29, 0.717) is 39.8 Å². The monoisotopic (exact) mass is 519 g/mol. The zero-order chi connectivity index (χ0) is 25.2. The summed E-state index contributed by atoms with van der Waals surface area (Å²) in [5, 5.41) is 11.2. The fourth-order valence-corrected chi connectivity index (χ4v) is 5.11. The van der Waals surface area contributed by atoms with Crippen LogP contribution in [0.25, 0.3) is 10.6 Å². The van der Waals surface area contributed by atoms with Crippen LogP contribution in [0.5, 0.6) is 5.75 Å². The van der Waals surface area contributed by atoms with Crippen molar-refractivity contribution in [2.45, 2.75) is 59.0 Å². The van der Waals surface area contributed by atoms with E-state index in [2.05, 4.69) is 13.8 Å². The van der Waals surface area contributed by atoms with Crippen molar-refractivity contribution in [1.82, 2.24) is 4.98 Å². The Morgan fingerprint density at radius 1 is 1.15 bits per heavy atom. The molecule has 0 aliphatic heterocycles. The SMILES string of the molecule is Cc1cc(C(=O)CCc2nc(-c3ccc(Cl)cc3Cl)sc2C(C)C)ccc1OC(C)(C)C(=O)O. The lowest BCUT2D eigenvalue weighted by atomic mass is 10.0. The highest BCUT2D eigenvalue weighted by Crippen LogP contribution is 2.37. The number of rotatable bonds is 9. The molecule has 0 fully saturated rings. The number of ether oxygens (including phenoxy) is 1.